The van der Waals surface area contributed by atoms with Crippen LogP contribution in [0.3, 0.4) is 0 Å². The number of nitrogens with one attached hydrogen (secondary N) is 2. The molecule has 2 amide bonds. The van der Waals surface area contributed by atoms with Crippen molar-refractivity contribution in [1.29, 1.82) is 0 Å². The van der Waals surface area contributed by atoms with Crippen molar-refractivity contribution in [1.82, 2.24) is 0 Å². The number of benzene rings is 2. The summed E-state index contributed by atoms with van der Waals surface area (Å²) in [7, 11) is 0. The molecule has 3 rings (SSSR count). The van der Waals surface area contributed by atoms with E-state index in [1.165, 1.54) is 6.07 Å². The second-order valence-electron chi connectivity index (χ2n) is 4.45. The summed E-state index contributed by atoms with van der Waals surface area (Å²) in [6.45, 7) is 0. The topological polar surface area (TPSA) is 71.3 Å². The molecule has 0 bridgehead atoms. The van der Waals surface area contributed by atoms with Crippen LogP contribution in [-0.4, -0.2) is 6.03 Å². The zero-order chi connectivity index (χ0) is 14.7. The molecule has 0 aliphatic heterocycles. The standard InChI is InChI=1S/C16H12N2O3/c19-15-9-6-11-10-13(7-8-14(11)21-15)18-16(20)17-12-4-2-1-3-5-12/h1-10H,(H2,17,18,20). The third kappa shape index (κ3) is 3.09. The monoisotopic (exact) mass is 280 g/mol. The number of fused-ring (bicyclic) bond motifs is 1. The SMILES string of the molecule is O=C(Nc1ccccc1)Nc1ccc2oc(=O)ccc2c1. The minimum Gasteiger partial charge on any atom is -0.423 e. The third-order valence-corrected chi connectivity index (χ3v) is 2.91. The molecule has 21 heavy (non-hydrogen) atoms. The van der Waals surface area contributed by atoms with E-state index in [4.69, 9.17) is 4.42 Å². The van der Waals surface area contributed by atoms with Crippen LogP contribution < -0.4 is 16.3 Å². The van der Waals surface area contributed by atoms with E-state index in [9.17, 15) is 9.59 Å². The first-order chi connectivity index (χ1) is 10.2. The van der Waals surface area contributed by atoms with Crippen molar-refractivity contribution in [2.24, 2.45) is 0 Å². The largest absolute Gasteiger partial charge is 0.423 e. The third-order valence-electron chi connectivity index (χ3n) is 2.91. The molecule has 0 spiro atoms. The molecule has 2 N–H and O–H groups in total. The first kappa shape index (κ1) is 12.9. The van der Waals surface area contributed by atoms with Crippen molar-refractivity contribution in [2.75, 3.05) is 10.6 Å². The lowest BCUT2D eigenvalue weighted by atomic mass is 10.2. The van der Waals surface area contributed by atoms with Gasteiger partial charge in [0.15, 0.2) is 0 Å². The summed E-state index contributed by atoms with van der Waals surface area (Å²) in [6, 6.07) is 16.9. The Kier molecular flexibility index (Phi) is 3.39. The molecule has 0 unspecified atom stereocenters. The Bertz CT molecular complexity index is 841. The molecular formula is C16H12N2O3. The number of anilines is 2. The van der Waals surface area contributed by atoms with E-state index in [1.54, 1.807) is 36.4 Å². The first-order valence-corrected chi connectivity index (χ1v) is 6.38. The van der Waals surface area contributed by atoms with E-state index < -0.39 is 5.63 Å². The van der Waals surface area contributed by atoms with E-state index in [-0.39, 0.29) is 6.03 Å². The van der Waals surface area contributed by atoms with E-state index in [0.717, 1.165) is 5.39 Å². The molecule has 1 heterocycles. The van der Waals surface area contributed by atoms with Crippen molar-refractivity contribution in [3.8, 4) is 0 Å². The molecule has 0 aliphatic carbocycles. The van der Waals surface area contributed by atoms with E-state index in [2.05, 4.69) is 10.6 Å². The molecule has 1 aromatic heterocycles. The molecular weight excluding hydrogens is 268 g/mol. The highest BCUT2D eigenvalue weighted by atomic mass is 16.4. The van der Waals surface area contributed by atoms with Crippen LogP contribution >= 0.6 is 0 Å². The molecule has 0 radical (unpaired) electrons. The highest BCUT2D eigenvalue weighted by Gasteiger charge is 2.04. The number of carbonyl (C=O) groups excluding carboxylic acids is 1. The van der Waals surface area contributed by atoms with Crippen molar-refractivity contribution in [3.05, 3.63) is 71.1 Å². The number of carbonyl (C=O) groups is 1. The molecule has 0 atom stereocenters. The van der Waals surface area contributed by atoms with Crippen molar-refractivity contribution >= 4 is 28.4 Å². The zero-order valence-electron chi connectivity index (χ0n) is 11.0. The molecule has 2 aromatic carbocycles. The summed E-state index contributed by atoms with van der Waals surface area (Å²) in [5, 5.41) is 6.19. The van der Waals surface area contributed by atoms with Crippen LogP contribution in [0.25, 0.3) is 11.0 Å². The van der Waals surface area contributed by atoms with Crippen LogP contribution in [0.1, 0.15) is 0 Å². The Hall–Kier alpha value is -3.08. The number of hydrogen-bond donors (Lipinski definition) is 2. The molecule has 0 saturated heterocycles. The molecule has 104 valence electrons. The van der Waals surface area contributed by atoms with Gasteiger partial charge in [0, 0.05) is 22.8 Å². The lowest BCUT2D eigenvalue weighted by molar-refractivity contribution is 0.262. The minimum absolute atomic E-state index is 0.335. The number of urea groups is 1. The van der Waals surface area contributed by atoms with Crippen LogP contribution in [-0.2, 0) is 0 Å². The quantitative estimate of drug-likeness (QED) is 0.706. The zero-order valence-corrected chi connectivity index (χ0v) is 11.0. The van der Waals surface area contributed by atoms with Gasteiger partial charge in [0.1, 0.15) is 5.58 Å². The van der Waals surface area contributed by atoms with Crippen molar-refractivity contribution < 1.29 is 9.21 Å². The fourth-order valence-corrected chi connectivity index (χ4v) is 1.96. The predicted molar refractivity (Wildman–Crippen MR) is 81.6 cm³/mol. The second-order valence-corrected chi connectivity index (χ2v) is 4.45. The molecule has 0 aliphatic rings. The van der Waals surface area contributed by atoms with E-state index >= 15 is 0 Å². The maximum absolute atomic E-state index is 11.9. The van der Waals surface area contributed by atoms with Gasteiger partial charge in [-0.15, -0.1) is 0 Å². The molecule has 0 saturated carbocycles. The van der Waals surface area contributed by atoms with Crippen LogP contribution in [0.2, 0.25) is 0 Å². The van der Waals surface area contributed by atoms with Gasteiger partial charge in [-0.05, 0) is 36.4 Å². The summed E-state index contributed by atoms with van der Waals surface area (Å²) >= 11 is 0. The van der Waals surface area contributed by atoms with Gasteiger partial charge in [-0.2, -0.15) is 0 Å². The minimum atomic E-state index is -0.398. The Morgan fingerprint density at radius 2 is 1.62 bits per heavy atom. The highest BCUT2D eigenvalue weighted by Crippen LogP contribution is 2.18. The Morgan fingerprint density at radius 3 is 2.43 bits per heavy atom. The molecule has 5 nitrogen and oxygen atoms in total. The van der Waals surface area contributed by atoms with Gasteiger partial charge in [0.05, 0.1) is 0 Å². The van der Waals surface area contributed by atoms with Crippen LogP contribution in [0.5, 0.6) is 0 Å². The Labute approximate surface area is 120 Å². The first-order valence-electron chi connectivity index (χ1n) is 6.38. The lowest BCUT2D eigenvalue weighted by Crippen LogP contribution is -2.19. The van der Waals surface area contributed by atoms with Gasteiger partial charge in [-0.3, -0.25) is 0 Å². The maximum Gasteiger partial charge on any atom is 0.336 e. The number of amides is 2. The Morgan fingerprint density at radius 1 is 0.857 bits per heavy atom. The normalized spacial score (nSPS) is 10.3. The summed E-state index contributed by atoms with van der Waals surface area (Å²) in [5.41, 5.74) is 1.41. The van der Waals surface area contributed by atoms with Crippen LogP contribution in [0.15, 0.2) is 69.9 Å². The van der Waals surface area contributed by atoms with Crippen molar-refractivity contribution in [3.63, 3.8) is 0 Å². The van der Waals surface area contributed by atoms with E-state index in [1.807, 2.05) is 18.2 Å². The van der Waals surface area contributed by atoms with Gasteiger partial charge in [-0.25, -0.2) is 9.59 Å². The number of hydrogen-bond acceptors (Lipinski definition) is 3. The van der Waals surface area contributed by atoms with Gasteiger partial charge in [0.2, 0.25) is 0 Å². The fraction of sp³-hybridized carbons (Fsp3) is 0. The highest BCUT2D eigenvalue weighted by molar-refractivity contribution is 6.00. The summed E-state index contributed by atoms with van der Waals surface area (Å²) in [6.07, 6.45) is 0. The predicted octanol–water partition coefficient (Wildman–Crippen LogP) is 3.44. The van der Waals surface area contributed by atoms with Gasteiger partial charge >= 0.3 is 11.7 Å². The fourth-order valence-electron chi connectivity index (χ4n) is 1.96. The van der Waals surface area contributed by atoms with Crippen LogP contribution in [0, 0.1) is 0 Å². The summed E-state index contributed by atoms with van der Waals surface area (Å²) in [4.78, 5) is 23.0. The van der Waals surface area contributed by atoms with Gasteiger partial charge in [0.25, 0.3) is 0 Å². The molecule has 3 aromatic rings. The van der Waals surface area contributed by atoms with E-state index in [0.29, 0.717) is 17.0 Å². The van der Waals surface area contributed by atoms with Gasteiger partial charge in [-0.1, -0.05) is 18.2 Å². The maximum atomic E-state index is 11.9. The van der Waals surface area contributed by atoms with Gasteiger partial charge < -0.3 is 15.1 Å². The van der Waals surface area contributed by atoms with Crippen molar-refractivity contribution in [2.45, 2.75) is 0 Å². The van der Waals surface area contributed by atoms with Crippen LogP contribution in [0.4, 0.5) is 16.2 Å². The summed E-state index contributed by atoms with van der Waals surface area (Å²) < 4.78 is 5.03. The average Bonchev–Trinajstić information content (AvgIpc) is 2.48. The molecule has 0 fully saturated rings. The Balaban J connectivity index is 1.77. The summed E-state index contributed by atoms with van der Waals surface area (Å²) in [5.74, 6) is 0. The second kappa shape index (κ2) is 5.50. The molecule has 5 heteroatoms. The number of para-hydroxylation sites is 1. The number of rotatable bonds is 2. The lowest BCUT2D eigenvalue weighted by Gasteiger charge is -2.08. The average molecular weight is 280 g/mol. The smallest absolute Gasteiger partial charge is 0.336 e.